The average molecular weight is 237 g/mol. The maximum atomic E-state index is 11.1. The lowest BCUT2D eigenvalue weighted by molar-refractivity contribution is 0.100. The molecule has 2 rings (SSSR count). The van der Waals surface area contributed by atoms with Crippen LogP contribution in [0.1, 0.15) is 16.6 Å². The first-order chi connectivity index (χ1) is 7.65. The van der Waals surface area contributed by atoms with Crippen molar-refractivity contribution in [1.82, 2.24) is 4.98 Å². The third-order valence-corrected chi connectivity index (χ3v) is 3.24. The lowest BCUT2D eigenvalue weighted by Crippen LogP contribution is -2.10. The van der Waals surface area contributed by atoms with E-state index < -0.39 is 5.91 Å². The number of aromatic nitrogens is 1. The number of nitrogen functional groups attached to an aromatic ring is 1. The fourth-order valence-electron chi connectivity index (χ4n) is 1.48. The maximum absolute atomic E-state index is 11.1. The summed E-state index contributed by atoms with van der Waals surface area (Å²) in [6.07, 6.45) is 1.62. The molecule has 84 valence electrons. The Hall–Kier alpha value is -1.82. The number of anilines is 1. The molecular formula is C10H11N3O2S. The maximum Gasteiger partial charge on any atom is 0.260 e. The fourth-order valence-corrected chi connectivity index (χ4v) is 2.41. The molecule has 2 heterocycles. The van der Waals surface area contributed by atoms with Gasteiger partial charge in [0.2, 0.25) is 0 Å². The number of carbonyl (C=O) groups excluding carboxylic acids is 1. The van der Waals surface area contributed by atoms with E-state index in [9.17, 15) is 4.79 Å². The predicted octanol–water partition coefficient (Wildman–Crippen LogP) is 1.38. The molecule has 0 fully saturated rings. The number of thiophene rings is 1. The molecule has 1 amide bonds. The summed E-state index contributed by atoms with van der Waals surface area (Å²) in [5.41, 5.74) is 11.4. The molecule has 0 aromatic carbocycles. The zero-order chi connectivity index (χ0) is 11.7. The molecule has 16 heavy (non-hydrogen) atoms. The Bertz CT molecular complexity index is 550. The summed E-state index contributed by atoms with van der Waals surface area (Å²) in [6.45, 7) is 2.41. The van der Waals surface area contributed by atoms with Crippen molar-refractivity contribution >= 4 is 33.1 Å². The number of nitrogens with zero attached hydrogens (tertiary/aromatic N) is 1. The van der Waals surface area contributed by atoms with Crippen LogP contribution in [0.25, 0.3) is 10.2 Å². The molecule has 0 aliphatic heterocycles. The standard InChI is InChI=1S/C10H11N3O2S/c1-2-15-5-3-4-13-10-6(5)7(11)8(16-10)9(12)14/h3-4H,2,11H2,1H3,(H2,12,14). The lowest BCUT2D eigenvalue weighted by atomic mass is 10.2. The van der Waals surface area contributed by atoms with Crippen LogP contribution < -0.4 is 16.2 Å². The van der Waals surface area contributed by atoms with Crippen LogP contribution in [0.5, 0.6) is 5.75 Å². The van der Waals surface area contributed by atoms with Crippen molar-refractivity contribution in [2.24, 2.45) is 5.73 Å². The van der Waals surface area contributed by atoms with Crippen LogP contribution in [-0.4, -0.2) is 17.5 Å². The number of rotatable bonds is 3. The van der Waals surface area contributed by atoms with E-state index in [1.165, 1.54) is 11.3 Å². The molecule has 6 heteroatoms. The summed E-state index contributed by atoms with van der Waals surface area (Å²) in [7, 11) is 0. The van der Waals surface area contributed by atoms with E-state index in [-0.39, 0.29) is 0 Å². The number of hydrogen-bond acceptors (Lipinski definition) is 5. The van der Waals surface area contributed by atoms with Gasteiger partial charge >= 0.3 is 0 Å². The first kappa shape index (κ1) is 10.7. The number of primary amides is 1. The van der Waals surface area contributed by atoms with Crippen LogP contribution >= 0.6 is 11.3 Å². The minimum atomic E-state index is -0.539. The summed E-state index contributed by atoms with van der Waals surface area (Å²) in [5.74, 6) is 0.0942. The van der Waals surface area contributed by atoms with Crippen LogP contribution in [0.2, 0.25) is 0 Å². The molecule has 0 saturated heterocycles. The van der Waals surface area contributed by atoms with Crippen LogP contribution in [0.15, 0.2) is 12.3 Å². The predicted molar refractivity (Wildman–Crippen MR) is 63.7 cm³/mol. The highest BCUT2D eigenvalue weighted by atomic mass is 32.1. The van der Waals surface area contributed by atoms with Crippen molar-refractivity contribution < 1.29 is 9.53 Å². The second-order valence-electron chi connectivity index (χ2n) is 3.13. The van der Waals surface area contributed by atoms with Crippen LogP contribution in [0, 0.1) is 0 Å². The van der Waals surface area contributed by atoms with Crippen LogP contribution in [0.4, 0.5) is 5.69 Å². The monoisotopic (exact) mass is 237 g/mol. The number of fused-ring (bicyclic) bond motifs is 1. The van der Waals surface area contributed by atoms with E-state index in [4.69, 9.17) is 16.2 Å². The minimum absolute atomic E-state index is 0.328. The van der Waals surface area contributed by atoms with E-state index in [0.29, 0.717) is 33.1 Å². The highest BCUT2D eigenvalue weighted by molar-refractivity contribution is 7.21. The largest absolute Gasteiger partial charge is 0.493 e. The molecular weight excluding hydrogens is 226 g/mol. The Morgan fingerprint density at radius 2 is 2.38 bits per heavy atom. The number of ether oxygens (including phenoxy) is 1. The van der Waals surface area contributed by atoms with E-state index >= 15 is 0 Å². The number of hydrogen-bond donors (Lipinski definition) is 2. The van der Waals surface area contributed by atoms with Gasteiger partial charge in [-0.2, -0.15) is 0 Å². The van der Waals surface area contributed by atoms with E-state index in [2.05, 4.69) is 4.98 Å². The van der Waals surface area contributed by atoms with Crippen molar-refractivity contribution in [1.29, 1.82) is 0 Å². The highest BCUT2D eigenvalue weighted by Gasteiger charge is 2.17. The summed E-state index contributed by atoms with van der Waals surface area (Å²) >= 11 is 1.18. The summed E-state index contributed by atoms with van der Waals surface area (Å²) < 4.78 is 5.43. The Balaban J connectivity index is 2.71. The molecule has 0 aliphatic carbocycles. The molecule has 0 aliphatic rings. The number of carbonyl (C=O) groups is 1. The Morgan fingerprint density at radius 3 is 3.00 bits per heavy atom. The van der Waals surface area contributed by atoms with Gasteiger partial charge in [-0.25, -0.2) is 4.98 Å². The van der Waals surface area contributed by atoms with E-state index in [1.54, 1.807) is 12.3 Å². The number of nitrogens with two attached hydrogens (primary N) is 2. The normalized spacial score (nSPS) is 10.6. The SMILES string of the molecule is CCOc1ccnc2sc(C(N)=O)c(N)c12. The molecule has 2 aromatic rings. The van der Waals surface area contributed by atoms with Crippen molar-refractivity contribution in [2.75, 3.05) is 12.3 Å². The molecule has 0 unspecified atom stereocenters. The average Bonchev–Trinajstić information content (AvgIpc) is 2.58. The molecule has 4 N–H and O–H groups in total. The molecule has 0 atom stereocenters. The third kappa shape index (κ3) is 1.57. The summed E-state index contributed by atoms with van der Waals surface area (Å²) in [6, 6.07) is 1.72. The topological polar surface area (TPSA) is 91.2 Å². The van der Waals surface area contributed by atoms with E-state index in [1.807, 2.05) is 6.92 Å². The van der Waals surface area contributed by atoms with Crippen molar-refractivity contribution in [3.8, 4) is 5.75 Å². The number of pyridine rings is 1. The van der Waals surface area contributed by atoms with Gasteiger partial charge in [0, 0.05) is 6.20 Å². The highest BCUT2D eigenvalue weighted by Crippen LogP contribution is 2.37. The molecule has 0 spiro atoms. The zero-order valence-corrected chi connectivity index (χ0v) is 9.50. The molecule has 2 aromatic heterocycles. The van der Waals surface area contributed by atoms with Crippen LogP contribution in [-0.2, 0) is 0 Å². The van der Waals surface area contributed by atoms with Crippen molar-refractivity contribution in [3.63, 3.8) is 0 Å². The molecule has 0 radical (unpaired) electrons. The van der Waals surface area contributed by atoms with Gasteiger partial charge < -0.3 is 16.2 Å². The molecule has 5 nitrogen and oxygen atoms in total. The van der Waals surface area contributed by atoms with Crippen molar-refractivity contribution in [3.05, 3.63) is 17.1 Å². The van der Waals surface area contributed by atoms with Gasteiger partial charge in [-0.1, -0.05) is 0 Å². The smallest absolute Gasteiger partial charge is 0.260 e. The Kier molecular flexibility index (Phi) is 2.66. The summed E-state index contributed by atoms with van der Waals surface area (Å²) in [4.78, 5) is 16.3. The summed E-state index contributed by atoms with van der Waals surface area (Å²) in [5, 5.41) is 0.670. The van der Waals surface area contributed by atoms with Gasteiger partial charge in [-0.15, -0.1) is 11.3 Å². The molecule has 0 saturated carbocycles. The Labute approximate surface area is 96.0 Å². The third-order valence-electron chi connectivity index (χ3n) is 2.11. The van der Waals surface area contributed by atoms with Crippen molar-refractivity contribution in [2.45, 2.75) is 6.92 Å². The van der Waals surface area contributed by atoms with Gasteiger partial charge in [0.1, 0.15) is 15.5 Å². The van der Waals surface area contributed by atoms with Gasteiger partial charge in [-0.05, 0) is 13.0 Å². The first-order valence-corrected chi connectivity index (χ1v) is 5.56. The zero-order valence-electron chi connectivity index (χ0n) is 8.69. The first-order valence-electron chi connectivity index (χ1n) is 4.74. The quantitative estimate of drug-likeness (QED) is 0.843. The fraction of sp³-hybridized carbons (Fsp3) is 0.200. The van der Waals surface area contributed by atoms with Crippen LogP contribution in [0.3, 0.4) is 0 Å². The second kappa shape index (κ2) is 3.97. The number of amides is 1. The van der Waals surface area contributed by atoms with Gasteiger partial charge in [-0.3, -0.25) is 4.79 Å². The van der Waals surface area contributed by atoms with Gasteiger partial charge in [0.05, 0.1) is 17.7 Å². The Morgan fingerprint density at radius 1 is 1.62 bits per heavy atom. The second-order valence-corrected chi connectivity index (χ2v) is 4.13. The van der Waals surface area contributed by atoms with Gasteiger partial charge in [0.25, 0.3) is 5.91 Å². The molecule has 0 bridgehead atoms. The van der Waals surface area contributed by atoms with E-state index in [0.717, 1.165) is 0 Å². The minimum Gasteiger partial charge on any atom is -0.493 e. The lowest BCUT2D eigenvalue weighted by Gasteiger charge is -2.04. The van der Waals surface area contributed by atoms with Gasteiger partial charge in [0.15, 0.2) is 0 Å².